The summed E-state index contributed by atoms with van der Waals surface area (Å²) < 4.78 is 16.4. The van der Waals surface area contributed by atoms with E-state index in [1.807, 2.05) is 42.5 Å². The Hall–Kier alpha value is -2.89. The van der Waals surface area contributed by atoms with Gasteiger partial charge in [0.25, 0.3) is 5.91 Å². The van der Waals surface area contributed by atoms with Crippen molar-refractivity contribution in [2.24, 2.45) is 5.73 Å². The van der Waals surface area contributed by atoms with Gasteiger partial charge in [0.05, 0.1) is 12.2 Å². The van der Waals surface area contributed by atoms with E-state index >= 15 is 0 Å². The van der Waals surface area contributed by atoms with Crippen LogP contribution in [0, 0.1) is 0 Å². The highest BCUT2D eigenvalue weighted by molar-refractivity contribution is 5.81. The SMILES string of the molecule is NC(=O)C1CN(Cc2ccc3c(c2)OCO3)c2ccccc2O1. The number of para-hydroxylation sites is 2. The van der Waals surface area contributed by atoms with Crippen LogP contribution < -0.4 is 24.8 Å². The first-order valence-electron chi connectivity index (χ1n) is 7.39. The van der Waals surface area contributed by atoms with E-state index in [4.69, 9.17) is 19.9 Å². The van der Waals surface area contributed by atoms with Gasteiger partial charge in [0.1, 0.15) is 5.75 Å². The van der Waals surface area contributed by atoms with E-state index < -0.39 is 12.0 Å². The molecule has 2 aromatic rings. The van der Waals surface area contributed by atoms with Crippen LogP contribution in [0.1, 0.15) is 5.56 Å². The molecule has 2 heterocycles. The molecule has 0 aromatic heterocycles. The Morgan fingerprint density at radius 1 is 1.13 bits per heavy atom. The highest BCUT2D eigenvalue weighted by Gasteiger charge is 2.29. The number of primary amides is 1. The van der Waals surface area contributed by atoms with Crippen LogP contribution in [0.15, 0.2) is 42.5 Å². The molecule has 2 aromatic carbocycles. The number of fused-ring (bicyclic) bond motifs is 2. The average Bonchev–Trinajstić information content (AvgIpc) is 3.02. The topological polar surface area (TPSA) is 74.0 Å². The Labute approximate surface area is 133 Å². The van der Waals surface area contributed by atoms with E-state index in [0.717, 1.165) is 22.7 Å². The Morgan fingerprint density at radius 3 is 2.83 bits per heavy atom. The molecule has 0 radical (unpaired) electrons. The van der Waals surface area contributed by atoms with E-state index in [-0.39, 0.29) is 6.79 Å². The van der Waals surface area contributed by atoms with Crippen LogP contribution in [0.2, 0.25) is 0 Å². The van der Waals surface area contributed by atoms with Crippen molar-refractivity contribution in [3.8, 4) is 17.2 Å². The van der Waals surface area contributed by atoms with Crippen LogP contribution in [0.25, 0.3) is 0 Å². The monoisotopic (exact) mass is 312 g/mol. The largest absolute Gasteiger partial charge is 0.477 e. The summed E-state index contributed by atoms with van der Waals surface area (Å²) in [6.07, 6.45) is -0.654. The standard InChI is InChI=1S/C17H16N2O4/c18-17(20)16-9-19(12-3-1-2-4-13(12)23-16)8-11-5-6-14-15(7-11)22-10-21-14/h1-7,16H,8-10H2,(H2,18,20). The number of nitrogens with zero attached hydrogens (tertiary/aromatic N) is 1. The van der Waals surface area contributed by atoms with Crippen molar-refractivity contribution in [3.05, 3.63) is 48.0 Å². The minimum absolute atomic E-state index is 0.253. The van der Waals surface area contributed by atoms with Crippen molar-refractivity contribution in [2.45, 2.75) is 12.6 Å². The zero-order valence-corrected chi connectivity index (χ0v) is 12.4. The van der Waals surface area contributed by atoms with Crippen LogP contribution in [0.4, 0.5) is 5.69 Å². The molecule has 0 fully saturated rings. The van der Waals surface area contributed by atoms with Gasteiger partial charge >= 0.3 is 0 Å². The number of anilines is 1. The van der Waals surface area contributed by atoms with Crippen LogP contribution in [-0.4, -0.2) is 25.3 Å². The molecule has 1 amide bonds. The second kappa shape index (κ2) is 5.39. The predicted octanol–water partition coefficient (Wildman–Crippen LogP) is 1.67. The zero-order chi connectivity index (χ0) is 15.8. The molecule has 23 heavy (non-hydrogen) atoms. The molecule has 2 N–H and O–H groups in total. The highest BCUT2D eigenvalue weighted by Crippen LogP contribution is 2.36. The van der Waals surface area contributed by atoms with Gasteiger partial charge in [-0.25, -0.2) is 0 Å². The molecule has 6 heteroatoms. The smallest absolute Gasteiger partial charge is 0.260 e. The third-order valence-electron chi connectivity index (χ3n) is 3.99. The van der Waals surface area contributed by atoms with E-state index in [9.17, 15) is 4.79 Å². The molecule has 0 bridgehead atoms. The maximum Gasteiger partial charge on any atom is 0.260 e. The fraction of sp³-hybridized carbons (Fsp3) is 0.235. The van der Waals surface area contributed by atoms with Gasteiger partial charge < -0.3 is 24.8 Å². The van der Waals surface area contributed by atoms with Crippen LogP contribution >= 0.6 is 0 Å². The summed E-state index contributed by atoms with van der Waals surface area (Å²) in [6.45, 7) is 1.30. The maximum atomic E-state index is 11.5. The van der Waals surface area contributed by atoms with Crippen molar-refractivity contribution in [1.82, 2.24) is 0 Å². The highest BCUT2D eigenvalue weighted by atomic mass is 16.7. The molecule has 1 unspecified atom stereocenters. The summed E-state index contributed by atoms with van der Waals surface area (Å²) in [5.74, 6) is 1.71. The first-order valence-corrected chi connectivity index (χ1v) is 7.39. The van der Waals surface area contributed by atoms with Gasteiger partial charge in [0.15, 0.2) is 17.6 Å². The lowest BCUT2D eigenvalue weighted by atomic mass is 10.1. The van der Waals surface area contributed by atoms with Crippen molar-refractivity contribution >= 4 is 11.6 Å². The molecule has 0 aliphatic carbocycles. The molecule has 2 aliphatic heterocycles. The van der Waals surface area contributed by atoms with Gasteiger partial charge in [0, 0.05) is 6.54 Å². The van der Waals surface area contributed by atoms with Crippen molar-refractivity contribution < 1.29 is 19.0 Å². The molecule has 118 valence electrons. The average molecular weight is 312 g/mol. The van der Waals surface area contributed by atoms with Crippen molar-refractivity contribution in [1.29, 1.82) is 0 Å². The molecular weight excluding hydrogens is 296 g/mol. The predicted molar refractivity (Wildman–Crippen MR) is 83.7 cm³/mol. The minimum atomic E-state index is -0.654. The van der Waals surface area contributed by atoms with Gasteiger partial charge in [-0.1, -0.05) is 18.2 Å². The Balaban J connectivity index is 1.63. The molecule has 1 atom stereocenters. The number of hydrogen-bond acceptors (Lipinski definition) is 5. The fourth-order valence-corrected chi connectivity index (χ4v) is 2.86. The number of rotatable bonds is 3. The van der Waals surface area contributed by atoms with E-state index in [2.05, 4.69) is 4.90 Å². The summed E-state index contributed by atoms with van der Waals surface area (Å²) in [5, 5.41) is 0. The number of benzene rings is 2. The second-order valence-corrected chi connectivity index (χ2v) is 5.54. The number of carbonyl (C=O) groups is 1. The van der Waals surface area contributed by atoms with Crippen LogP contribution in [-0.2, 0) is 11.3 Å². The van der Waals surface area contributed by atoms with Crippen molar-refractivity contribution in [3.63, 3.8) is 0 Å². The van der Waals surface area contributed by atoms with Gasteiger partial charge in [-0.05, 0) is 29.8 Å². The lowest BCUT2D eigenvalue weighted by Crippen LogP contribution is -2.46. The Kier molecular flexibility index (Phi) is 3.22. The Bertz CT molecular complexity index is 762. The van der Waals surface area contributed by atoms with E-state index in [1.54, 1.807) is 0 Å². The summed E-state index contributed by atoms with van der Waals surface area (Å²) >= 11 is 0. The number of nitrogens with two attached hydrogens (primary N) is 1. The van der Waals surface area contributed by atoms with Crippen molar-refractivity contribution in [2.75, 3.05) is 18.2 Å². The zero-order valence-electron chi connectivity index (χ0n) is 12.4. The first kappa shape index (κ1) is 13.8. The lowest BCUT2D eigenvalue weighted by Gasteiger charge is -2.35. The Morgan fingerprint density at radius 2 is 1.96 bits per heavy atom. The molecule has 0 saturated carbocycles. The summed E-state index contributed by atoms with van der Waals surface area (Å²) in [4.78, 5) is 13.6. The van der Waals surface area contributed by atoms with Crippen LogP contribution in [0.3, 0.4) is 0 Å². The molecule has 0 spiro atoms. The molecular formula is C17H16N2O4. The first-order chi connectivity index (χ1) is 11.2. The van der Waals surface area contributed by atoms with Gasteiger partial charge in [-0.15, -0.1) is 0 Å². The number of amides is 1. The molecule has 0 saturated heterocycles. The molecule has 4 rings (SSSR count). The fourth-order valence-electron chi connectivity index (χ4n) is 2.86. The number of ether oxygens (including phenoxy) is 3. The quantitative estimate of drug-likeness (QED) is 0.933. The minimum Gasteiger partial charge on any atom is -0.477 e. The van der Waals surface area contributed by atoms with Gasteiger partial charge in [-0.3, -0.25) is 4.79 Å². The third-order valence-corrected chi connectivity index (χ3v) is 3.99. The van der Waals surface area contributed by atoms with Crippen LogP contribution in [0.5, 0.6) is 17.2 Å². The van der Waals surface area contributed by atoms with Gasteiger partial charge in [-0.2, -0.15) is 0 Å². The number of hydrogen-bond donors (Lipinski definition) is 1. The second-order valence-electron chi connectivity index (χ2n) is 5.54. The summed E-state index contributed by atoms with van der Waals surface area (Å²) in [6, 6.07) is 13.5. The molecule has 6 nitrogen and oxygen atoms in total. The summed E-state index contributed by atoms with van der Waals surface area (Å²) in [7, 11) is 0. The maximum absolute atomic E-state index is 11.5. The molecule has 2 aliphatic rings. The van der Waals surface area contributed by atoms with E-state index in [0.29, 0.717) is 18.8 Å². The van der Waals surface area contributed by atoms with E-state index in [1.165, 1.54) is 0 Å². The normalized spacial score (nSPS) is 18.3. The number of carbonyl (C=O) groups excluding carboxylic acids is 1. The third kappa shape index (κ3) is 2.52. The summed E-state index contributed by atoms with van der Waals surface area (Å²) in [5.41, 5.74) is 7.44. The van der Waals surface area contributed by atoms with Gasteiger partial charge in [0.2, 0.25) is 6.79 Å². The lowest BCUT2D eigenvalue weighted by molar-refractivity contribution is -0.124.